The highest BCUT2D eigenvalue weighted by atomic mass is 32.5. The van der Waals surface area contributed by atoms with E-state index in [0.29, 0.717) is 0 Å². The number of hydrogen-bond donors (Lipinski definition) is 3. The van der Waals surface area contributed by atoms with Crippen molar-refractivity contribution in [2.75, 3.05) is 11.5 Å². The zero-order valence-electron chi connectivity index (χ0n) is 16.9. The second-order valence-corrected chi connectivity index (χ2v) is 13.1. The Morgan fingerprint density at radius 3 is 1.04 bits per heavy atom. The van der Waals surface area contributed by atoms with Crippen LogP contribution in [0, 0.1) is 0 Å². The Hall–Kier alpha value is 0.660. The molecule has 0 aromatic rings. The average molecular weight is 397 g/mol. The summed E-state index contributed by atoms with van der Waals surface area (Å²) < 4.78 is 0. The first kappa shape index (κ1) is 25.7. The summed E-state index contributed by atoms with van der Waals surface area (Å²) in [6, 6.07) is 0. The van der Waals surface area contributed by atoms with Crippen LogP contribution in [0.25, 0.3) is 0 Å². The second kappa shape index (κ2) is 18.0. The monoisotopic (exact) mass is 396 g/mol. The predicted octanol–water partition coefficient (Wildman–Crippen LogP) is 6.54. The normalized spacial score (nSPS) is 12.2. The Bertz CT molecular complexity index is 312. The van der Waals surface area contributed by atoms with E-state index in [0.717, 1.165) is 37.2 Å². The van der Waals surface area contributed by atoms with Gasteiger partial charge in [0.1, 0.15) is 0 Å². The van der Waals surface area contributed by atoms with Gasteiger partial charge in [0.25, 0.3) is 6.72 Å². The average Bonchev–Trinajstić information content (AvgIpc) is 2.56. The van der Waals surface area contributed by atoms with Crippen molar-refractivity contribution in [2.24, 2.45) is 0 Å². The molecule has 25 heavy (non-hydrogen) atoms. The molecule has 0 radical (unpaired) electrons. The lowest BCUT2D eigenvalue weighted by molar-refractivity contribution is 0.362. The van der Waals surface area contributed by atoms with Gasteiger partial charge in [0.15, 0.2) is 0 Å². The molecule has 0 heterocycles. The fraction of sp³-hybridized carbons (Fsp3) is 1.00. The van der Waals surface area contributed by atoms with E-state index in [4.69, 9.17) is 0 Å². The minimum absolute atomic E-state index is 0.584. The molecule has 0 rings (SSSR count). The van der Waals surface area contributed by atoms with Crippen molar-refractivity contribution in [2.45, 2.75) is 117 Å². The van der Waals surface area contributed by atoms with Crippen molar-refractivity contribution in [3.63, 3.8) is 0 Å². The van der Waals surface area contributed by atoms with Crippen LogP contribution < -0.4 is 0 Å². The molecule has 0 aromatic heterocycles. The third-order valence-electron chi connectivity index (χ3n) is 4.81. The van der Waals surface area contributed by atoms with Crippen molar-refractivity contribution in [1.82, 2.24) is 0 Å². The molecule has 0 aliphatic rings. The van der Waals surface area contributed by atoms with Crippen LogP contribution in [0.15, 0.2) is 0 Å². The summed E-state index contributed by atoms with van der Waals surface area (Å²) >= 11 is 0. The molecule has 0 aliphatic heterocycles. The summed E-state index contributed by atoms with van der Waals surface area (Å²) in [6.07, 6.45) is 20.1. The van der Waals surface area contributed by atoms with E-state index < -0.39 is 16.8 Å². The summed E-state index contributed by atoms with van der Waals surface area (Å²) in [5.74, 6) is 1.59. The number of hydrogen-bond acceptors (Lipinski definition) is 0. The van der Waals surface area contributed by atoms with Crippen LogP contribution in [0.5, 0.6) is 0 Å². The third kappa shape index (κ3) is 17.8. The molecule has 3 N–H and O–H groups in total. The summed E-state index contributed by atoms with van der Waals surface area (Å²) in [5.41, 5.74) is 0. The topological polar surface area (TPSA) is 60.7 Å². The van der Waals surface area contributed by atoms with E-state index in [-0.39, 0.29) is 0 Å². The Morgan fingerprint density at radius 1 is 0.480 bits per heavy atom. The van der Waals surface area contributed by atoms with Crippen molar-refractivity contribution in [3.8, 4) is 0 Å². The summed E-state index contributed by atoms with van der Waals surface area (Å²) in [7, 11) is -0.584. The zero-order valence-corrected chi connectivity index (χ0v) is 18.6. The fourth-order valence-corrected chi connectivity index (χ4v) is 7.17. The minimum Gasteiger partial charge on any atom is -0.329 e. The minimum atomic E-state index is -3.64. The molecular formula is C20H45O3PS. The molecule has 0 atom stereocenters. The standard InChI is InChI=1S/C20H45O3PS/c1-3-5-7-9-11-13-15-17-19-25(24(21,22)23)20-18-16-14-12-10-8-6-4-2/h21-23H,3-20H2,1-2H3. The van der Waals surface area contributed by atoms with Crippen LogP contribution in [0.1, 0.15) is 117 Å². The smallest absolute Gasteiger partial charge is 0.277 e. The first-order valence-corrected chi connectivity index (χ1v) is 14.6. The Kier molecular flexibility index (Phi) is 18.5. The molecule has 154 valence electrons. The first-order valence-electron chi connectivity index (χ1n) is 10.8. The van der Waals surface area contributed by atoms with Crippen LogP contribution in [-0.2, 0) is 10.1 Å². The van der Waals surface area contributed by atoms with E-state index in [1.54, 1.807) is 0 Å². The Labute approximate surface area is 159 Å². The molecule has 0 bridgehead atoms. The van der Waals surface area contributed by atoms with Crippen molar-refractivity contribution >= 4 is 16.8 Å². The van der Waals surface area contributed by atoms with Crippen LogP contribution in [-0.4, -0.2) is 26.2 Å². The van der Waals surface area contributed by atoms with Crippen LogP contribution in [0.2, 0.25) is 0 Å². The molecule has 0 spiro atoms. The maximum absolute atomic E-state index is 9.71. The number of rotatable bonds is 18. The van der Waals surface area contributed by atoms with Gasteiger partial charge in [-0.2, -0.15) is 0 Å². The van der Waals surface area contributed by atoms with Crippen LogP contribution in [0.4, 0.5) is 0 Å². The summed E-state index contributed by atoms with van der Waals surface area (Å²) in [6.45, 7) is 0.836. The van der Waals surface area contributed by atoms with Gasteiger partial charge in [-0.05, 0) is 24.3 Å². The van der Waals surface area contributed by atoms with E-state index in [9.17, 15) is 14.7 Å². The maximum Gasteiger partial charge on any atom is 0.277 e. The lowest BCUT2D eigenvalue weighted by Crippen LogP contribution is -2.06. The fourth-order valence-electron chi connectivity index (χ4n) is 3.15. The molecule has 0 aliphatic carbocycles. The zero-order chi connectivity index (χ0) is 18.8. The van der Waals surface area contributed by atoms with E-state index in [2.05, 4.69) is 13.8 Å². The second-order valence-electron chi connectivity index (χ2n) is 7.33. The lowest BCUT2D eigenvalue weighted by atomic mass is 10.1. The van der Waals surface area contributed by atoms with Crippen molar-refractivity contribution in [1.29, 1.82) is 0 Å². The molecule has 0 aromatic carbocycles. The predicted molar refractivity (Wildman–Crippen MR) is 116 cm³/mol. The first-order chi connectivity index (χ1) is 12.0. The Morgan fingerprint density at radius 2 is 0.760 bits per heavy atom. The van der Waals surface area contributed by atoms with Gasteiger partial charge < -0.3 is 14.7 Å². The quantitative estimate of drug-likeness (QED) is 0.182. The maximum atomic E-state index is 9.71. The van der Waals surface area contributed by atoms with Gasteiger partial charge in [-0.25, -0.2) is 0 Å². The van der Waals surface area contributed by atoms with Gasteiger partial charge in [-0.1, -0.05) is 104 Å². The SMILES string of the molecule is CCCCCCCCCCS(CCCCCCCCCC)=P(O)(O)O. The third-order valence-corrected chi connectivity index (χ3v) is 10.2. The van der Waals surface area contributed by atoms with Crippen LogP contribution in [0.3, 0.4) is 0 Å². The largest absolute Gasteiger partial charge is 0.329 e. The molecular weight excluding hydrogens is 351 g/mol. The molecule has 0 unspecified atom stereocenters. The highest BCUT2D eigenvalue weighted by molar-refractivity contribution is 8.27. The van der Waals surface area contributed by atoms with Gasteiger partial charge in [-0.15, -0.1) is 10.1 Å². The lowest BCUT2D eigenvalue weighted by Gasteiger charge is -2.15. The van der Waals surface area contributed by atoms with E-state index in [1.807, 2.05) is 0 Å². The van der Waals surface area contributed by atoms with Gasteiger partial charge in [-0.3, -0.25) is 0 Å². The molecule has 5 heteroatoms. The van der Waals surface area contributed by atoms with Crippen LogP contribution >= 0.6 is 6.72 Å². The van der Waals surface area contributed by atoms with Gasteiger partial charge >= 0.3 is 0 Å². The van der Waals surface area contributed by atoms with E-state index >= 15 is 0 Å². The highest BCUT2D eigenvalue weighted by Crippen LogP contribution is 2.37. The summed E-state index contributed by atoms with van der Waals surface area (Å²) in [4.78, 5) is 29.1. The Balaban J connectivity index is 3.75. The molecule has 0 saturated heterocycles. The van der Waals surface area contributed by atoms with Gasteiger partial charge in [0.05, 0.1) is 0 Å². The number of unbranched alkanes of at least 4 members (excludes halogenated alkanes) is 14. The highest BCUT2D eigenvalue weighted by Gasteiger charge is 2.12. The molecule has 0 amide bonds. The van der Waals surface area contributed by atoms with Gasteiger partial charge in [0, 0.05) is 0 Å². The van der Waals surface area contributed by atoms with Crippen molar-refractivity contribution < 1.29 is 14.7 Å². The molecule has 0 saturated carbocycles. The van der Waals surface area contributed by atoms with Gasteiger partial charge in [0.2, 0.25) is 0 Å². The van der Waals surface area contributed by atoms with E-state index in [1.165, 1.54) is 77.0 Å². The van der Waals surface area contributed by atoms with Crippen molar-refractivity contribution in [3.05, 3.63) is 0 Å². The molecule has 0 fully saturated rings. The molecule has 3 nitrogen and oxygen atoms in total. The summed E-state index contributed by atoms with van der Waals surface area (Å²) in [5, 5.41) is 0.